The summed E-state index contributed by atoms with van der Waals surface area (Å²) in [6.45, 7) is 1.42. The van der Waals surface area contributed by atoms with Gasteiger partial charge in [-0.1, -0.05) is 12.1 Å². The summed E-state index contributed by atoms with van der Waals surface area (Å²) in [5.74, 6) is 1.83. The van der Waals surface area contributed by atoms with E-state index in [1.54, 1.807) is 12.4 Å². The molecule has 6 heteroatoms. The summed E-state index contributed by atoms with van der Waals surface area (Å²) in [4.78, 5) is 24.7. The summed E-state index contributed by atoms with van der Waals surface area (Å²) in [5.41, 5.74) is 6.72. The second-order valence-electron chi connectivity index (χ2n) is 7.82. The van der Waals surface area contributed by atoms with Crippen molar-refractivity contribution in [2.24, 2.45) is 0 Å². The molecule has 0 atom stereocenters. The topological polar surface area (TPSA) is 79.9 Å². The smallest absolute Gasteiger partial charge is 0.163 e. The molecule has 0 saturated carbocycles. The number of imidazole rings is 1. The molecule has 0 saturated heterocycles. The summed E-state index contributed by atoms with van der Waals surface area (Å²) in [7, 11) is 1.90. The third-order valence-electron chi connectivity index (χ3n) is 5.72. The molecule has 160 valence electrons. The highest BCUT2D eigenvalue weighted by Gasteiger charge is 2.22. The van der Waals surface area contributed by atoms with E-state index in [0.717, 1.165) is 63.7 Å². The number of aryl methyl sites for hydroxylation is 1. The molecule has 1 aliphatic carbocycles. The largest absolute Gasteiger partial charge is 0.492 e. The molecule has 6 nitrogen and oxygen atoms in total. The fraction of sp³-hybridized carbons (Fsp3) is 0.192. The Morgan fingerprint density at radius 1 is 0.969 bits per heavy atom. The van der Waals surface area contributed by atoms with Crippen molar-refractivity contribution in [1.29, 1.82) is 0 Å². The zero-order valence-electron chi connectivity index (χ0n) is 17.9. The van der Waals surface area contributed by atoms with Crippen LogP contribution in [0, 0.1) is 0 Å². The molecule has 2 N–H and O–H groups in total. The minimum absolute atomic E-state index is 0.223. The number of hydrogen-bond acceptors (Lipinski definition) is 5. The predicted octanol–water partition coefficient (Wildman–Crippen LogP) is 4.53. The van der Waals surface area contributed by atoms with Crippen LogP contribution in [0.25, 0.3) is 33.9 Å². The zero-order chi connectivity index (χ0) is 21.9. The summed E-state index contributed by atoms with van der Waals surface area (Å²) < 4.78 is 5.73. The molecule has 0 unspecified atom stereocenters. The van der Waals surface area contributed by atoms with Crippen LogP contribution in [0.3, 0.4) is 0 Å². The third kappa shape index (κ3) is 3.92. The van der Waals surface area contributed by atoms with Gasteiger partial charge in [0.1, 0.15) is 18.2 Å². The number of fused-ring (bicyclic) bond motifs is 1. The number of carbonyl (C=O) groups excluding carboxylic acids is 1. The molecular formula is C26H24N4O2. The number of Topliss-reactive ketones (excluding diaryl/α,β-unsaturated/α-hetero) is 1. The van der Waals surface area contributed by atoms with Gasteiger partial charge in [-0.15, -0.1) is 0 Å². The Morgan fingerprint density at radius 3 is 2.53 bits per heavy atom. The van der Waals surface area contributed by atoms with E-state index in [1.165, 1.54) is 0 Å². The predicted molar refractivity (Wildman–Crippen MR) is 125 cm³/mol. The first-order chi connectivity index (χ1) is 15.7. The molecule has 0 aliphatic heterocycles. The number of likely N-dealkylation sites (N-methyl/N-ethyl adjacent to an activating group) is 1. The molecule has 0 spiro atoms. The average Bonchev–Trinajstić information content (AvgIpc) is 3.44. The lowest BCUT2D eigenvalue weighted by Gasteiger charge is -2.06. The van der Waals surface area contributed by atoms with Crippen LogP contribution in [0.2, 0.25) is 0 Å². The number of benzene rings is 2. The van der Waals surface area contributed by atoms with E-state index in [9.17, 15) is 4.79 Å². The molecule has 0 radical (unpaired) electrons. The van der Waals surface area contributed by atoms with E-state index in [1.807, 2.05) is 55.6 Å². The van der Waals surface area contributed by atoms with Gasteiger partial charge in [0, 0.05) is 47.6 Å². The van der Waals surface area contributed by atoms with Crippen molar-refractivity contribution >= 4 is 5.78 Å². The zero-order valence-corrected chi connectivity index (χ0v) is 17.9. The number of aromatic amines is 1. The van der Waals surface area contributed by atoms with Crippen molar-refractivity contribution in [3.63, 3.8) is 0 Å². The molecule has 1 aliphatic rings. The molecule has 4 aromatic rings. The van der Waals surface area contributed by atoms with Gasteiger partial charge < -0.3 is 15.0 Å². The van der Waals surface area contributed by atoms with Crippen LogP contribution < -0.4 is 10.1 Å². The number of pyridine rings is 1. The van der Waals surface area contributed by atoms with Crippen LogP contribution in [0.5, 0.6) is 5.75 Å². The van der Waals surface area contributed by atoms with Crippen LogP contribution in [-0.2, 0) is 6.42 Å². The summed E-state index contributed by atoms with van der Waals surface area (Å²) in [6.07, 6.45) is 4.93. The van der Waals surface area contributed by atoms with E-state index in [4.69, 9.17) is 9.72 Å². The monoisotopic (exact) mass is 424 g/mol. The normalized spacial score (nSPS) is 12.7. The highest BCUT2D eigenvalue weighted by atomic mass is 16.5. The second-order valence-corrected chi connectivity index (χ2v) is 7.82. The quantitative estimate of drug-likeness (QED) is 0.426. The molecule has 2 aromatic heterocycles. The van der Waals surface area contributed by atoms with Crippen molar-refractivity contribution in [1.82, 2.24) is 20.3 Å². The Hall–Kier alpha value is -3.77. The molecular weight excluding hydrogens is 400 g/mol. The number of H-pyrrole nitrogens is 1. The average molecular weight is 425 g/mol. The third-order valence-corrected chi connectivity index (χ3v) is 5.72. The first-order valence-electron chi connectivity index (χ1n) is 10.8. The lowest BCUT2D eigenvalue weighted by molar-refractivity contribution is 0.0994. The van der Waals surface area contributed by atoms with Crippen molar-refractivity contribution in [2.75, 3.05) is 20.2 Å². The number of nitrogens with zero attached hydrogens (tertiary/aromatic N) is 2. The molecule has 32 heavy (non-hydrogen) atoms. The van der Waals surface area contributed by atoms with Crippen molar-refractivity contribution in [3.8, 4) is 39.7 Å². The van der Waals surface area contributed by atoms with Gasteiger partial charge in [-0.05, 0) is 61.5 Å². The number of ketones is 1. The number of aromatic nitrogens is 3. The van der Waals surface area contributed by atoms with Gasteiger partial charge in [0.05, 0.1) is 11.4 Å². The highest BCUT2D eigenvalue weighted by molar-refractivity contribution is 6.01. The Morgan fingerprint density at radius 2 is 1.75 bits per heavy atom. The van der Waals surface area contributed by atoms with Gasteiger partial charge in [-0.2, -0.15) is 0 Å². The summed E-state index contributed by atoms with van der Waals surface area (Å²) >= 11 is 0. The van der Waals surface area contributed by atoms with Crippen molar-refractivity contribution in [3.05, 3.63) is 78.1 Å². The highest BCUT2D eigenvalue weighted by Crippen LogP contribution is 2.35. The van der Waals surface area contributed by atoms with Gasteiger partial charge >= 0.3 is 0 Å². The van der Waals surface area contributed by atoms with E-state index in [0.29, 0.717) is 13.0 Å². The Bertz CT molecular complexity index is 1250. The molecule has 5 rings (SSSR count). The van der Waals surface area contributed by atoms with E-state index < -0.39 is 0 Å². The van der Waals surface area contributed by atoms with E-state index in [2.05, 4.69) is 21.4 Å². The maximum Gasteiger partial charge on any atom is 0.163 e. The van der Waals surface area contributed by atoms with Crippen LogP contribution >= 0.6 is 0 Å². The first-order valence-corrected chi connectivity index (χ1v) is 10.8. The number of rotatable bonds is 7. The van der Waals surface area contributed by atoms with Gasteiger partial charge in [0.25, 0.3) is 0 Å². The summed E-state index contributed by atoms with van der Waals surface area (Å²) in [6, 6.07) is 17.9. The molecule has 2 heterocycles. The lowest BCUT2D eigenvalue weighted by Crippen LogP contribution is -2.15. The lowest BCUT2D eigenvalue weighted by atomic mass is 10.0. The van der Waals surface area contributed by atoms with Gasteiger partial charge in [0.15, 0.2) is 5.78 Å². The molecule has 0 amide bonds. The molecule has 0 bridgehead atoms. The molecule has 2 aromatic carbocycles. The summed E-state index contributed by atoms with van der Waals surface area (Å²) in [5, 5.41) is 3.07. The Labute approximate surface area is 186 Å². The van der Waals surface area contributed by atoms with Gasteiger partial charge in [-0.3, -0.25) is 9.78 Å². The van der Waals surface area contributed by atoms with Crippen molar-refractivity contribution < 1.29 is 9.53 Å². The second kappa shape index (κ2) is 8.77. The van der Waals surface area contributed by atoms with E-state index in [-0.39, 0.29) is 5.78 Å². The van der Waals surface area contributed by atoms with Crippen LogP contribution in [-0.4, -0.2) is 40.9 Å². The van der Waals surface area contributed by atoms with Gasteiger partial charge in [-0.25, -0.2) is 4.98 Å². The number of carbonyl (C=O) groups is 1. The fourth-order valence-corrected chi connectivity index (χ4v) is 4.03. The Kier molecular flexibility index (Phi) is 5.52. The minimum Gasteiger partial charge on any atom is -0.492 e. The Balaban J connectivity index is 1.53. The maximum atomic E-state index is 12.1. The fourth-order valence-electron chi connectivity index (χ4n) is 4.03. The van der Waals surface area contributed by atoms with Gasteiger partial charge in [0.2, 0.25) is 0 Å². The van der Waals surface area contributed by atoms with Crippen LogP contribution in [0.4, 0.5) is 0 Å². The number of nitrogens with one attached hydrogen (secondary N) is 2. The van der Waals surface area contributed by atoms with Crippen LogP contribution in [0.1, 0.15) is 22.3 Å². The molecule has 0 fully saturated rings. The SMILES string of the molecule is CNCCOc1ccc(-c2nc(-c3ccc4c(c3)CCC4=O)c(-c3ccncc3)[nH]2)cc1. The minimum atomic E-state index is 0.223. The first kappa shape index (κ1) is 20.2. The standard InChI is InChI=1S/C26H24N4O2/c1-27-14-15-32-21-6-2-18(3-7-21)26-29-24(17-10-12-28-13-11-17)25(30-26)20-4-8-22-19(16-20)5-9-23(22)31/h2-4,6-8,10-13,16,27H,5,9,14-15H2,1H3,(H,29,30). The number of ether oxygens (including phenoxy) is 1. The number of hydrogen-bond donors (Lipinski definition) is 2. The van der Waals surface area contributed by atoms with E-state index >= 15 is 0 Å². The van der Waals surface area contributed by atoms with Crippen LogP contribution in [0.15, 0.2) is 67.0 Å². The van der Waals surface area contributed by atoms with Crippen molar-refractivity contribution in [2.45, 2.75) is 12.8 Å². The maximum absolute atomic E-state index is 12.1.